The van der Waals surface area contributed by atoms with E-state index in [4.69, 9.17) is 4.74 Å². The number of carbonyl (C=O) groups is 4. The lowest BCUT2D eigenvalue weighted by Crippen LogP contribution is -2.70. The van der Waals surface area contributed by atoms with Crippen LogP contribution in [0.2, 0.25) is 0 Å². The van der Waals surface area contributed by atoms with E-state index >= 15 is 0 Å². The number of rotatable bonds is 6. The van der Waals surface area contributed by atoms with E-state index in [0.717, 1.165) is 0 Å². The second-order valence-corrected chi connectivity index (χ2v) is 8.91. The van der Waals surface area contributed by atoms with Crippen molar-refractivity contribution in [1.82, 2.24) is 10.2 Å². The molecule has 9 heteroatoms. The minimum Gasteiger partial charge on any atom is -0.453 e. The van der Waals surface area contributed by atoms with E-state index in [1.165, 1.54) is 16.7 Å². The van der Waals surface area contributed by atoms with Gasteiger partial charge in [-0.2, -0.15) is 0 Å². The van der Waals surface area contributed by atoms with Gasteiger partial charge < -0.3 is 10.1 Å². The first kappa shape index (κ1) is 21.3. The van der Waals surface area contributed by atoms with E-state index in [9.17, 15) is 19.2 Å². The number of ether oxygens (including phenoxy) is 1. The molecule has 2 amide bonds. The molecule has 0 aliphatic carbocycles. The standard InChI is InChI=1S/C22H17BrN2O5S/c23-15-12-31-21-17(24-19(27)14-9-5-2-6-10-14)20(28)25(21)18(15)22(29)30-11-16(26)13-7-3-1-4-8-13/h1-10,17,21H,11-12H2,(H,24,27)/t17?,21-/m0/s1. The molecule has 0 saturated carbocycles. The first-order valence-corrected chi connectivity index (χ1v) is 11.3. The van der Waals surface area contributed by atoms with Gasteiger partial charge in [-0.25, -0.2) is 4.79 Å². The lowest BCUT2D eigenvalue weighted by atomic mass is 10.0. The van der Waals surface area contributed by atoms with E-state index < -0.39 is 29.9 Å². The highest BCUT2D eigenvalue weighted by Crippen LogP contribution is 2.42. The molecular weight excluding hydrogens is 484 g/mol. The van der Waals surface area contributed by atoms with Crippen molar-refractivity contribution in [3.8, 4) is 0 Å². The summed E-state index contributed by atoms with van der Waals surface area (Å²) in [6.45, 7) is -0.430. The Bertz CT molecular complexity index is 1070. The van der Waals surface area contributed by atoms with E-state index in [2.05, 4.69) is 21.2 Å². The lowest BCUT2D eigenvalue weighted by molar-refractivity contribution is -0.150. The summed E-state index contributed by atoms with van der Waals surface area (Å²) in [5.41, 5.74) is 0.953. The van der Waals surface area contributed by atoms with Crippen molar-refractivity contribution < 1.29 is 23.9 Å². The van der Waals surface area contributed by atoms with Crippen LogP contribution in [0.1, 0.15) is 20.7 Å². The highest BCUT2D eigenvalue weighted by atomic mass is 79.9. The molecule has 2 aromatic rings. The predicted octanol–water partition coefficient (Wildman–Crippen LogP) is 2.73. The molecule has 1 saturated heterocycles. The summed E-state index contributed by atoms with van der Waals surface area (Å²) in [5, 5.41) is 2.31. The number of Topliss-reactive ketones (excluding diaryl/α,β-unsaturated/α-hetero) is 1. The van der Waals surface area contributed by atoms with Gasteiger partial charge >= 0.3 is 5.97 Å². The Kier molecular flexibility index (Phi) is 6.24. The number of ketones is 1. The van der Waals surface area contributed by atoms with Gasteiger partial charge in [0.25, 0.3) is 11.8 Å². The molecule has 7 nitrogen and oxygen atoms in total. The third-order valence-corrected chi connectivity index (χ3v) is 7.17. The first-order chi connectivity index (χ1) is 15.0. The monoisotopic (exact) mass is 500 g/mol. The van der Waals surface area contributed by atoms with Crippen LogP contribution in [0.4, 0.5) is 0 Å². The number of thioether (sulfide) groups is 1. The number of fused-ring (bicyclic) bond motifs is 1. The van der Waals surface area contributed by atoms with Gasteiger partial charge in [-0.05, 0) is 12.1 Å². The predicted molar refractivity (Wildman–Crippen MR) is 118 cm³/mol. The quantitative estimate of drug-likeness (QED) is 0.372. The van der Waals surface area contributed by atoms with Crippen LogP contribution in [0.5, 0.6) is 0 Å². The van der Waals surface area contributed by atoms with Crippen LogP contribution < -0.4 is 5.32 Å². The molecule has 0 spiro atoms. The Labute approximate surface area is 190 Å². The number of esters is 1. The number of halogens is 1. The summed E-state index contributed by atoms with van der Waals surface area (Å²) in [4.78, 5) is 51.4. The summed E-state index contributed by atoms with van der Waals surface area (Å²) >= 11 is 4.76. The number of nitrogens with zero attached hydrogens (tertiary/aromatic N) is 1. The fourth-order valence-corrected chi connectivity index (χ4v) is 5.23. The Morgan fingerprint density at radius 1 is 1.03 bits per heavy atom. The normalized spacial score (nSPS) is 19.9. The number of nitrogens with one attached hydrogen (secondary N) is 1. The Hall–Kier alpha value is -2.91. The maximum Gasteiger partial charge on any atom is 0.356 e. The summed E-state index contributed by atoms with van der Waals surface area (Å²) in [5.74, 6) is -1.42. The van der Waals surface area contributed by atoms with E-state index in [0.29, 0.717) is 21.4 Å². The molecule has 0 aromatic heterocycles. The number of carbonyl (C=O) groups excluding carboxylic acids is 4. The molecule has 2 atom stereocenters. The number of hydrogen-bond acceptors (Lipinski definition) is 6. The van der Waals surface area contributed by atoms with Gasteiger partial charge in [-0.15, -0.1) is 11.8 Å². The number of β-lactam (4-membered cyclic amide) rings is 1. The summed E-state index contributed by atoms with van der Waals surface area (Å²) in [7, 11) is 0. The molecular formula is C22H17BrN2O5S. The summed E-state index contributed by atoms with van der Waals surface area (Å²) in [6, 6.07) is 16.4. The van der Waals surface area contributed by atoms with Crippen molar-refractivity contribution in [3.63, 3.8) is 0 Å². The van der Waals surface area contributed by atoms with Crippen LogP contribution in [-0.4, -0.2) is 52.2 Å². The van der Waals surface area contributed by atoms with Gasteiger partial charge in [-0.1, -0.05) is 64.5 Å². The van der Waals surface area contributed by atoms with Crippen LogP contribution in [0.3, 0.4) is 0 Å². The zero-order valence-electron chi connectivity index (χ0n) is 16.1. The number of hydrogen-bond donors (Lipinski definition) is 1. The number of benzene rings is 2. The molecule has 0 bridgehead atoms. The highest BCUT2D eigenvalue weighted by Gasteiger charge is 2.54. The maximum absolute atomic E-state index is 12.8. The Morgan fingerprint density at radius 3 is 2.29 bits per heavy atom. The van der Waals surface area contributed by atoms with Gasteiger partial charge in [0.15, 0.2) is 12.4 Å². The van der Waals surface area contributed by atoms with Crippen molar-refractivity contribution in [2.45, 2.75) is 11.4 Å². The van der Waals surface area contributed by atoms with Crippen LogP contribution in [0, 0.1) is 0 Å². The molecule has 2 aliphatic heterocycles. The minimum absolute atomic E-state index is 0.0693. The molecule has 2 aliphatic rings. The molecule has 1 fully saturated rings. The van der Waals surface area contributed by atoms with Gasteiger partial charge in [0.05, 0.1) is 0 Å². The number of amides is 2. The van der Waals surface area contributed by atoms with Crippen LogP contribution in [0.25, 0.3) is 0 Å². The van der Waals surface area contributed by atoms with Crippen molar-refractivity contribution in [2.24, 2.45) is 0 Å². The smallest absolute Gasteiger partial charge is 0.356 e. The second-order valence-electron chi connectivity index (χ2n) is 6.85. The first-order valence-electron chi connectivity index (χ1n) is 9.42. The van der Waals surface area contributed by atoms with Gasteiger partial charge in [0.1, 0.15) is 17.1 Å². The average Bonchev–Trinajstić information content (AvgIpc) is 2.81. The molecule has 31 heavy (non-hydrogen) atoms. The maximum atomic E-state index is 12.8. The van der Waals surface area contributed by atoms with Gasteiger partial charge in [-0.3, -0.25) is 19.3 Å². The van der Waals surface area contributed by atoms with Gasteiger partial charge in [0.2, 0.25) is 0 Å². The van der Waals surface area contributed by atoms with Crippen LogP contribution >= 0.6 is 27.7 Å². The fourth-order valence-electron chi connectivity index (χ4n) is 3.29. The van der Waals surface area contributed by atoms with Crippen molar-refractivity contribution in [3.05, 3.63) is 82.0 Å². The molecule has 158 valence electrons. The molecule has 1 N–H and O–H groups in total. The lowest BCUT2D eigenvalue weighted by Gasteiger charge is -2.49. The Morgan fingerprint density at radius 2 is 1.65 bits per heavy atom. The second kappa shape index (κ2) is 9.07. The van der Waals surface area contributed by atoms with E-state index in [1.807, 2.05) is 0 Å². The fraction of sp³-hybridized carbons (Fsp3) is 0.182. The van der Waals surface area contributed by atoms with E-state index in [1.54, 1.807) is 60.7 Å². The third kappa shape index (κ3) is 4.28. The van der Waals surface area contributed by atoms with Gasteiger partial charge in [0, 0.05) is 21.4 Å². The van der Waals surface area contributed by atoms with Crippen LogP contribution in [0.15, 0.2) is 70.8 Å². The largest absolute Gasteiger partial charge is 0.453 e. The third-order valence-electron chi connectivity index (χ3n) is 4.87. The summed E-state index contributed by atoms with van der Waals surface area (Å²) < 4.78 is 5.69. The SMILES string of the molecule is O=C(OCC(=O)c1ccccc1)C1=C(Br)CS[C@H]2C(NC(=O)c3ccccc3)C(=O)N12. The molecule has 2 heterocycles. The molecule has 4 rings (SSSR count). The van der Waals surface area contributed by atoms with Crippen molar-refractivity contribution >= 4 is 51.3 Å². The highest BCUT2D eigenvalue weighted by molar-refractivity contribution is 9.11. The average molecular weight is 501 g/mol. The van der Waals surface area contributed by atoms with Crippen LogP contribution in [-0.2, 0) is 14.3 Å². The zero-order valence-corrected chi connectivity index (χ0v) is 18.5. The molecule has 2 aromatic carbocycles. The molecule has 0 radical (unpaired) electrons. The van der Waals surface area contributed by atoms with E-state index in [-0.39, 0.29) is 17.4 Å². The zero-order chi connectivity index (χ0) is 22.0. The molecule has 1 unspecified atom stereocenters. The van der Waals surface area contributed by atoms with Crippen molar-refractivity contribution in [2.75, 3.05) is 12.4 Å². The summed E-state index contributed by atoms with van der Waals surface area (Å²) in [6.07, 6.45) is 0. The Balaban J connectivity index is 1.41. The topological polar surface area (TPSA) is 92.8 Å². The minimum atomic E-state index is -0.761. The van der Waals surface area contributed by atoms with Crippen molar-refractivity contribution in [1.29, 1.82) is 0 Å².